The summed E-state index contributed by atoms with van der Waals surface area (Å²) in [5, 5.41) is 9.36. The van der Waals surface area contributed by atoms with Crippen LogP contribution in [0, 0.1) is 5.92 Å². The Balaban J connectivity index is 3.14. The summed E-state index contributed by atoms with van der Waals surface area (Å²) in [5.41, 5.74) is 5.62. The molecule has 1 aromatic rings. The molecule has 0 spiro atoms. The van der Waals surface area contributed by atoms with Gasteiger partial charge in [-0.05, 0) is 38.5 Å². The largest absolute Gasteiger partial charge is 0.493 e. The molecule has 7 nitrogen and oxygen atoms in total. The molecule has 0 aliphatic heterocycles. The number of esters is 1. The molecule has 1 unspecified atom stereocenters. The number of benzene rings is 1. The van der Waals surface area contributed by atoms with Crippen molar-refractivity contribution in [3.05, 3.63) is 23.8 Å². The van der Waals surface area contributed by atoms with Crippen LogP contribution in [0.5, 0.6) is 11.5 Å². The van der Waals surface area contributed by atoms with Gasteiger partial charge in [-0.2, -0.15) is 0 Å². The number of carbonyl (C=O) groups is 2. The Morgan fingerprint density at radius 2 is 1.70 bits per heavy atom. The molecule has 7 heteroatoms. The van der Waals surface area contributed by atoms with Gasteiger partial charge in [0.1, 0.15) is 5.60 Å². The van der Waals surface area contributed by atoms with E-state index >= 15 is 0 Å². The number of carboxylic acid groups (broad SMARTS) is 1. The minimum absolute atomic E-state index is 0.397. The van der Waals surface area contributed by atoms with E-state index in [0.29, 0.717) is 17.1 Å². The van der Waals surface area contributed by atoms with E-state index in [1.54, 1.807) is 39.0 Å². The lowest BCUT2D eigenvalue weighted by molar-refractivity contribution is -0.167. The molecule has 0 fully saturated rings. The molecule has 0 bridgehead atoms. The lowest BCUT2D eigenvalue weighted by atomic mass is 9.93. The van der Waals surface area contributed by atoms with E-state index in [-0.39, 0.29) is 0 Å². The highest BCUT2D eigenvalue weighted by Crippen LogP contribution is 2.32. The van der Waals surface area contributed by atoms with Crippen LogP contribution in [0.15, 0.2) is 18.2 Å². The van der Waals surface area contributed by atoms with Crippen molar-refractivity contribution in [1.29, 1.82) is 0 Å². The van der Waals surface area contributed by atoms with Crippen LogP contribution in [-0.4, -0.2) is 36.9 Å². The topological polar surface area (TPSA) is 108 Å². The van der Waals surface area contributed by atoms with E-state index in [1.165, 1.54) is 14.2 Å². The van der Waals surface area contributed by atoms with Crippen molar-refractivity contribution in [2.24, 2.45) is 11.7 Å². The summed E-state index contributed by atoms with van der Waals surface area (Å²) in [7, 11) is 2.94. The molecule has 0 heterocycles. The zero-order chi connectivity index (χ0) is 17.8. The van der Waals surface area contributed by atoms with Gasteiger partial charge >= 0.3 is 11.9 Å². The minimum atomic E-state index is -1.52. The third-order valence-corrected chi connectivity index (χ3v) is 3.08. The molecule has 0 aromatic heterocycles. The molecular formula is C16H23NO6. The first-order valence-electron chi connectivity index (χ1n) is 7.04. The average Bonchev–Trinajstić information content (AvgIpc) is 2.44. The lowest BCUT2D eigenvalue weighted by Crippen LogP contribution is -2.39. The van der Waals surface area contributed by atoms with Crippen LogP contribution in [0.3, 0.4) is 0 Å². The predicted molar refractivity (Wildman–Crippen MR) is 83.4 cm³/mol. The van der Waals surface area contributed by atoms with Crippen LogP contribution in [0.25, 0.3) is 0 Å². The number of nitrogens with two attached hydrogens (primary N) is 1. The Kier molecular flexibility index (Phi) is 5.98. The molecule has 3 N–H and O–H groups in total. The summed E-state index contributed by atoms with van der Waals surface area (Å²) >= 11 is 0. The Labute approximate surface area is 135 Å². The van der Waals surface area contributed by atoms with Crippen molar-refractivity contribution in [3.63, 3.8) is 0 Å². The van der Waals surface area contributed by atoms with Crippen LogP contribution in [0.1, 0.15) is 32.4 Å². The van der Waals surface area contributed by atoms with E-state index in [2.05, 4.69) is 0 Å². The molecule has 0 saturated carbocycles. The van der Waals surface area contributed by atoms with Crippen molar-refractivity contribution in [1.82, 2.24) is 0 Å². The molecule has 0 aliphatic rings. The van der Waals surface area contributed by atoms with Crippen LogP contribution >= 0.6 is 0 Å². The fourth-order valence-corrected chi connectivity index (χ4v) is 2.02. The van der Waals surface area contributed by atoms with E-state index < -0.39 is 29.5 Å². The van der Waals surface area contributed by atoms with Crippen molar-refractivity contribution in [3.8, 4) is 11.5 Å². The first kappa shape index (κ1) is 18.8. The Bertz CT molecular complexity index is 578. The Hall–Kier alpha value is -2.28. The minimum Gasteiger partial charge on any atom is -0.493 e. The highest BCUT2D eigenvalue weighted by atomic mass is 16.6. The number of methoxy groups -OCH3 is 2. The van der Waals surface area contributed by atoms with E-state index in [4.69, 9.17) is 19.9 Å². The molecule has 1 aromatic carbocycles. The Morgan fingerprint density at radius 1 is 1.13 bits per heavy atom. The van der Waals surface area contributed by atoms with Crippen molar-refractivity contribution >= 4 is 11.9 Å². The van der Waals surface area contributed by atoms with Crippen molar-refractivity contribution in [2.75, 3.05) is 14.2 Å². The maximum Gasteiger partial charge on any atom is 0.322 e. The van der Waals surface area contributed by atoms with Crippen LogP contribution in [0.4, 0.5) is 0 Å². The fraction of sp³-hybridized carbons (Fsp3) is 0.500. The molecule has 2 atom stereocenters. The second kappa shape index (κ2) is 7.32. The summed E-state index contributed by atoms with van der Waals surface area (Å²) in [6.45, 7) is 4.98. The summed E-state index contributed by atoms with van der Waals surface area (Å²) in [5.74, 6) is -2.87. The second-order valence-electron chi connectivity index (χ2n) is 5.99. The van der Waals surface area contributed by atoms with Gasteiger partial charge in [0.2, 0.25) is 0 Å². The molecule has 128 valence electrons. The molecule has 0 saturated heterocycles. The summed E-state index contributed by atoms with van der Waals surface area (Å²) in [4.78, 5) is 23.6. The number of aliphatic carboxylic acids is 1. The van der Waals surface area contributed by atoms with Gasteiger partial charge in [0.25, 0.3) is 0 Å². The van der Waals surface area contributed by atoms with Crippen LogP contribution in [0.2, 0.25) is 0 Å². The standard InChI is InChI=1S/C16H23NO6/c1-16(2,3)23-15(20)12(14(18)19)13(17)9-6-7-10(21-4)11(8-9)22-5/h6-8,12-13H,17H2,1-5H3,(H,18,19)/t12-,13?/m1/s1. The van der Waals surface area contributed by atoms with Gasteiger partial charge in [0.15, 0.2) is 17.4 Å². The van der Waals surface area contributed by atoms with Crippen molar-refractivity contribution < 1.29 is 28.9 Å². The first-order valence-corrected chi connectivity index (χ1v) is 7.04. The van der Waals surface area contributed by atoms with Crippen LogP contribution < -0.4 is 15.2 Å². The van der Waals surface area contributed by atoms with Crippen molar-refractivity contribution in [2.45, 2.75) is 32.4 Å². The highest BCUT2D eigenvalue weighted by Gasteiger charge is 2.37. The fourth-order valence-electron chi connectivity index (χ4n) is 2.02. The first-order chi connectivity index (χ1) is 10.6. The van der Waals surface area contributed by atoms with E-state index in [0.717, 1.165) is 0 Å². The number of hydrogen-bond donors (Lipinski definition) is 2. The number of hydrogen-bond acceptors (Lipinski definition) is 6. The SMILES string of the molecule is COc1ccc(C(N)[C@H](C(=O)O)C(=O)OC(C)(C)C)cc1OC. The van der Waals surface area contributed by atoms with Gasteiger partial charge in [-0.1, -0.05) is 6.07 Å². The number of ether oxygens (including phenoxy) is 3. The van der Waals surface area contributed by atoms with Gasteiger partial charge in [-0.15, -0.1) is 0 Å². The van der Waals surface area contributed by atoms with Gasteiger partial charge in [-0.25, -0.2) is 0 Å². The lowest BCUT2D eigenvalue weighted by Gasteiger charge is -2.25. The Morgan fingerprint density at radius 3 is 2.13 bits per heavy atom. The molecular weight excluding hydrogens is 302 g/mol. The normalized spacial score (nSPS) is 13.8. The highest BCUT2D eigenvalue weighted by molar-refractivity contribution is 5.95. The number of carboxylic acids is 1. The molecule has 0 amide bonds. The van der Waals surface area contributed by atoms with Crippen LogP contribution in [-0.2, 0) is 14.3 Å². The van der Waals surface area contributed by atoms with E-state index in [9.17, 15) is 14.7 Å². The third-order valence-electron chi connectivity index (χ3n) is 3.08. The van der Waals surface area contributed by atoms with Gasteiger partial charge in [-0.3, -0.25) is 9.59 Å². The van der Waals surface area contributed by atoms with Gasteiger partial charge in [0, 0.05) is 0 Å². The monoisotopic (exact) mass is 325 g/mol. The molecule has 0 radical (unpaired) electrons. The zero-order valence-electron chi connectivity index (χ0n) is 14.0. The molecule has 23 heavy (non-hydrogen) atoms. The molecule has 1 rings (SSSR count). The van der Waals surface area contributed by atoms with Gasteiger partial charge in [0.05, 0.1) is 20.3 Å². The third kappa shape index (κ3) is 4.85. The predicted octanol–water partition coefficient (Wildman–Crippen LogP) is 1.75. The number of carbonyl (C=O) groups excluding carboxylic acids is 1. The summed E-state index contributed by atoms with van der Waals surface area (Å²) in [6, 6.07) is 3.65. The van der Waals surface area contributed by atoms with Gasteiger partial charge < -0.3 is 25.1 Å². The smallest absolute Gasteiger partial charge is 0.322 e. The summed E-state index contributed by atoms with van der Waals surface area (Å²) < 4.78 is 15.4. The maximum atomic E-state index is 12.2. The summed E-state index contributed by atoms with van der Waals surface area (Å²) in [6.07, 6.45) is 0. The average molecular weight is 325 g/mol. The quantitative estimate of drug-likeness (QED) is 0.606. The number of rotatable bonds is 6. The zero-order valence-corrected chi connectivity index (χ0v) is 14.0. The van der Waals surface area contributed by atoms with E-state index in [1.807, 2.05) is 0 Å². The molecule has 0 aliphatic carbocycles. The second-order valence-corrected chi connectivity index (χ2v) is 5.99. The maximum absolute atomic E-state index is 12.2.